The normalized spacial score (nSPS) is 17.7. The predicted molar refractivity (Wildman–Crippen MR) is 104 cm³/mol. The molecule has 1 saturated heterocycles. The quantitative estimate of drug-likeness (QED) is 0.685. The van der Waals surface area contributed by atoms with Crippen molar-refractivity contribution in [3.8, 4) is 11.1 Å². The molecular formula is C21H23N5O2. The third-order valence-electron chi connectivity index (χ3n) is 5.74. The second-order valence-corrected chi connectivity index (χ2v) is 7.66. The van der Waals surface area contributed by atoms with Gasteiger partial charge in [-0.2, -0.15) is 5.10 Å². The number of aromatic nitrogens is 4. The minimum absolute atomic E-state index is 0.0996. The van der Waals surface area contributed by atoms with Crippen LogP contribution in [0.1, 0.15) is 24.1 Å². The van der Waals surface area contributed by atoms with Gasteiger partial charge in [0.2, 0.25) is 5.91 Å². The third kappa shape index (κ3) is 3.16. The van der Waals surface area contributed by atoms with Gasteiger partial charge >= 0.3 is 0 Å². The lowest BCUT2D eigenvalue weighted by atomic mass is 9.96. The SMILES string of the molecule is Cn1cc(-c2cnc3nc4c(cc3c2)CN(C(=O)C2CCOCC2)CC4)cn1. The lowest BCUT2D eigenvalue weighted by Gasteiger charge is -2.32. The third-order valence-corrected chi connectivity index (χ3v) is 5.74. The first-order valence-electron chi connectivity index (χ1n) is 9.81. The summed E-state index contributed by atoms with van der Waals surface area (Å²) in [4.78, 5) is 24.2. The molecule has 3 aromatic rings. The van der Waals surface area contributed by atoms with Crippen molar-refractivity contribution in [1.82, 2.24) is 24.6 Å². The second-order valence-electron chi connectivity index (χ2n) is 7.66. The van der Waals surface area contributed by atoms with Gasteiger partial charge in [-0.05, 0) is 30.5 Å². The van der Waals surface area contributed by atoms with Gasteiger partial charge in [-0.1, -0.05) is 0 Å². The van der Waals surface area contributed by atoms with Gasteiger partial charge in [0.05, 0.1) is 6.20 Å². The average Bonchev–Trinajstić information content (AvgIpc) is 3.18. The van der Waals surface area contributed by atoms with E-state index in [0.29, 0.717) is 19.8 Å². The number of fused-ring (bicyclic) bond motifs is 2. The molecule has 7 heteroatoms. The first-order valence-corrected chi connectivity index (χ1v) is 9.81. The first kappa shape index (κ1) is 17.3. The van der Waals surface area contributed by atoms with Gasteiger partial charge < -0.3 is 9.64 Å². The number of aryl methyl sites for hydroxylation is 1. The van der Waals surface area contributed by atoms with Gasteiger partial charge in [0.25, 0.3) is 0 Å². The summed E-state index contributed by atoms with van der Waals surface area (Å²) >= 11 is 0. The Hall–Kier alpha value is -2.80. The van der Waals surface area contributed by atoms with Crippen LogP contribution in [0.15, 0.2) is 30.7 Å². The molecule has 0 spiro atoms. The highest BCUT2D eigenvalue weighted by atomic mass is 16.5. The fraction of sp³-hybridized carbons (Fsp3) is 0.429. The van der Waals surface area contributed by atoms with E-state index in [4.69, 9.17) is 9.72 Å². The smallest absolute Gasteiger partial charge is 0.226 e. The van der Waals surface area contributed by atoms with E-state index in [1.54, 1.807) is 4.68 Å². The van der Waals surface area contributed by atoms with Crippen LogP contribution in [-0.4, -0.2) is 50.3 Å². The number of carbonyl (C=O) groups is 1. The molecule has 2 aliphatic rings. The Bertz CT molecular complexity index is 1040. The van der Waals surface area contributed by atoms with Crippen LogP contribution in [0, 0.1) is 5.92 Å². The molecule has 0 bridgehead atoms. The summed E-state index contributed by atoms with van der Waals surface area (Å²) in [6.45, 7) is 2.74. The Morgan fingerprint density at radius 1 is 1.18 bits per heavy atom. The lowest BCUT2D eigenvalue weighted by Crippen LogP contribution is -2.41. The highest BCUT2D eigenvalue weighted by molar-refractivity contribution is 5.82. The molecule has 1 amide bonds. The van der Waals surface area contributed by atoms with Crippen molar-refractivity contribution in [2.24, 2.45) is 13.0 Å². The zero-order chi connectivity index (χ0) is 19.1. The van der Waals surface area contributed by atoms with Crippen molar-refractivity contribution in [1.29, 1.82) is 0 Å². The maximum atomic E-state index is 12.9. The number of nitrogens with zero attached hydrogens (tertiary/aromatic N) is 5. The highest BCUT2D eigenvalue weighted by Gasteiger charge is 2.29. The molecule has 0 atom stereocenters. The molecule has 0 unspecified atom stereocenters. The van der Waals surface area contributed by atoms with Crippen LogP contribution >= 0.6 is 0 Å². The van der Waals surface area contributed by atoms with Crippen LogP contribution in [0.5, 0.6) is 0 Å². The average molecular weight is 377 g/mol. The molecule has 7 nitrogen and oxygen atoms in total. The number of carbonyl (C=O) groups excluding carboxylic acids is 1. The number of hydrogen-bond acceptors (Lipinski definition) is 5. The van der Waals surface area contributed by atoms with Crippen LogP contribution in [0.2, 0.25) is 0 Å². The molecule has 5 heterocycles. The summed E-state index contributed by atoms with van der Waals surface area (Å²) in [5.74, 6) is 0.360. The summed E-state index contributed by atoms with van der Waals surface area (Å²) in [6, 6.07) is 4.25. The molecule has 28 heavy (non-hydrogen) atoms. The Labute approximate surface area is 163 Å². The molecule has 144 valence electrons. The highest BCUT2D eigenvalue weighted by Crippen LogP contribution is 2.27. The van der Waals surface area contributed by atoms with E-state index in [0.717, 1.165) is 59.2 Å². The molecule has 5 rings (SSSR count). The lowest BCUT2D eigenvalue weighted by molar-refractivity contribution is -0.139. The monoisotopic (exact) mass is 377 g/mol. The van der Waals surface area contributed by atoms with Gasteiger partial charge in [0.15, 0.2) is 5.65 Å². The van der Waals surface area contributed by atoms with Crippen molar-refractivity contribution in [3.05, 3.63) is 42.0 Å². The molecule has 0 saturated carbocycles. The van der Waals surface area contributed by atoms with E-state index < -0.39 is 0 Å². The molecule has 0 aromatic carbocycles. The maximum absolute atomic E-state index is 12.9. The van der Waals surface area contributed by atoms with Crippen molar-refractivity contribution in [2.45, 2.75) is 25.8 Å². The Kier molecular flexibility index (Phi) is 4.31. The van der Waals surface area contributed by atoms with E-state index in [9.17, 15) is 4.79 Å². The minimum atomic E-state index is 0.0996. The maximum Gasteiger partial charge on any atom is 0.226 e. The molecule has 1 fully saturated rings. The summed E-state index contributed by atoms with van der Waals surface area (Å²) < 4.78 is 7.18. The molecule has 0 radical (unpaired) electrons. The second kappa shape index (κ2) is 6.98. The number of ether oxygens (including phenoxy) is 1. The van der Waals surface area contributed by atoms with Crippen LogP contribution in [0.4, 0.5) is 0 Å². The van der Waals surface area contributed by atoms with Crippen LogP contribution < -0.4 is 0 Å². The fourth-order valence-electron chi connectivity index (χ4n) is 4.14. The Balaban J connectivity index is 1.43. The van der Waals surface area contributed by atoms with Crippen molar-refractivity contribution < 1.29 is 9.53 Å². The molecule has 0 N–H and O–H groups in total. The van der Waals surface area contributed by atoms with Crippen molar-refractivity contribution >= 4 is 16.9 Å². The van der Waals surface area contributed by atoms with Crippen LogP contribution in [0.25, 0.3) is 22.2 Å². The van der Waals surface area contributed by atoms with E-state index >= 15 is 0 Å². The zero-order valence-corrected chi connectivity index (χ0v) is 16.0. The minimum Gasteiger partial charge on any atom is -0.381 e. The molecular weight excluding hydrogens is 354 g/mol. The Morgan fingerprint density at radius 2 is 2.04 bits per heavy atom. The summed E-state index contributed by atoms with van der Waals surface area (Å²) in [7, 11) is 1.90. The van der Waals surface area contributed by atoms with Gasteiger partial charge in [-0.3, -0.25) is 9.48 Å². The summed E-state index contributed by atoms with van der Waals surface area (Å²) in [5.41, 5.74) is 5.00. The number of rotatable bonds is 2. The molecule has 2 aliphatic heterocycles. The Morgan fingerprint density at radius 3 is 2.82 bits per heavy atom. The van der Waals surface area contributed by atoms with Crippen LogP contribution in [0.3, 0.4) is 0 Å². The van der Waals surface area contributed by atoms with E-state index in [-0.39, 0.29) is 11.8 Å². The van der Waals surface area contributed by atoms with E-state index in [1.165, 1.54) is 0 Å². The topological polar surface area (TPSA) is 73.1 Å². The van der Waals surface area contributed by atoms with E-state index in [2.05, 4.69) is 22.2 Å². The van der Waals surface area contributed by atoms with Gasteiger partial charge in [0, 0.05) is 80.3 Å². The standard InChI is InChI=1S/C21H23N5O2/c1-25-12-18(11-23-25)16-8-15-9-17-13-26(21(27)14-3-6-28-7-4-14)5-2-19(17)24-20(15)22-10-16/h8-12,14H,2-7,13H2,1H3. The number of pyridine rings is 2. The van der Waals surface area contributed by atoms with Gasteiger partial charge in [-0.15, -0.1) is 0 Å². The summed E-state index contributed by atoms with van der Waals surface area (Å²) in [5, 5.41) is 5.24. The summed E-state index contributed by atoms with van der Waals surface area (Å²) in [6.07, 6.45) is 8.11. The van der Waals surface area contributed by atoms with Gasteiger partial charge in [0.1, 0.15) is 0 Å². The predicted octanol–water partition coefficient (Wildman–Crippen LogP) is 2.34. The first-order chi connectivity index (χ1) is 13.7. The van der Waals surface area contributed by atoms with Crippen LogP contribution in [-0.2, 0) is 29.5 Å². The zero-order valence-electron chi connectivity index (χ0n) is 16.0. The molecule has 3 aromatic heterocycles. The largest absolute Gasteiger partial charge is 0.381 e. The number of amides is 1. The fourth-order valence-corrected chi connectivity index (χ4v) is 4.14. The number of hydrogen-bond donors (Lipinski definition) is 0. The van der Waals surface area contributed by atoms with Crippen molar-refractivity contribution in [2.75, 3.05) is 19.8 Å². The van der Waals surface area contributed by atoms with E-state index in [1.807, 2.05) is 30.5 Å². The van der Waals surface area contributed by atoms with Crippen molar-refractivity contribution in [3.63, 3.8) is 0 Å². The molecule has 0 aliphatic carbocycles. The van der Waals surface area contributed by atoms with Gasteiger partial charge in [-0.25, -0.2) is 9.97 Å².